The number of aryl methyl sites for hydroxylation is 1. The first kappa shape index (κ1) is 11.9. The summed E-state index contributed by atoms with van der Waals surface area (Å²) in [6, 6.07) is 5.75. The summed E-state index contributed by atoms with van der Waals surface area (Å²) in [7, 11) is 0. The number of aromatic nitrogens is 2. The zero-order chi connectivity index (χ0) is 13.2. The third kappa shape index (κ3) is 2.48. The van der Waals surface area contributed by atoms with Crippen LogP contribution in [0.25, 0.3) is 0 Å². The van der Waals surface area contributed by atoms with E-state index in [-0.39, 0.29) is 12.5 Å². The van der Waals surface area contributed by atoms with Crippen LogP contribution in [0.5, 0.6) is 0 Å². The van der Waals surface area contributed by atoms with Crippen molar-refractivity contribution in [3.05, 3.63) is 46.6 Å². The third-order valence-corrected chi connectivity index (χ3v) is 3.08. The van der Waals surface area contributed by atoms with Crippen molar-refractivity contribution in [2.24, 2.45) is 0 Å². The molecule has 0 bridgehead atoms. The summed E-state index contributed by atoms with van der Waals surface area (Å²) in [5.41, 5.74) is 3.09. The van der Waals surface area contributed by atoms with Gasteiger partial charge in [0.25, 0.3) is 5.91 Å². The maximum atomic E-state index is 12.0. The molecule has 1 aliphatic heterocycles. The van der Waals surface area contributed by atoms with E-state index in [1.807, 2.05) is 18.2 Å². The van der Waals surface area contributed by atoms with Gasteiger partial charge in [-0.05, 0) is 23.3 Å². The lowest BCUT2D eigenvalue weighted by molar-refractivity contribution is 0.0949. The molecule has 0 unspecified atom stereocenters. The highest BCUT2D eigenvalue weighted by Gasteiger charge is 2.13. The zero-order valence-corrected chi connectivity index (χ0v) is 10.6. The van der Waals surface area contributed by atoms with E-state index >= 15 is 0 Å². The Hall–Kier alpha value is -2.21. The first-order chi connectivity index (χ1) is 9.22. The maximum absolute atomic E-state index is 12.0. The van der Waals surface area contributed by atoms with Crippen LogP contribution in [0.2, 0.25) is 0 Å². The van der Waals surface area contributed by atoms with Crippen LogP contribution in [0.15, 0.2) is 22.7 Å². The standard InChI is InChI=1S/C13H14N4O2/c1-8-16-12(17-19-8)7-15-13(18)9-2-3-10-5-14-6-11(10)4-9/h2-4,14H,5-7H2,1H3,(H,15,18). The van der Waals surface area contributed by atoms with Crippen LogP contribution in [-0.2, 0) is 19.6 Å². The molecule has 0 saturated carbocycles. The molecule has 98 valence electrons. The van der Waals surface area contributed by atoms with Gasteiger partial charge in [0.1, 0.15) is 0 Å². The fraction of sp³-hybridized carbons (Fsp3) is 0.308. The third-order valence-electron chi connectivity index (χ3n) is 3.08. The molecule has 3 rings (SSSR count). The van der Waals surface area contributed by atoms with Gasteiger partial charge in [-0.1, -0.05) is 11.2 Å². The van der Waals surface area contributed by atoms with Crippen LogP contribution in [0.1, 0.15) is 33.2 Å². The average Bonchev–Trinajstić information content (AvgIpc) is 3.03. The fourth-order valence-electron chi connectivity index (χ4n) is 2.11. The first-order valence-electron chi connectivity index (χ1n) is 6.12. The summed E-state index contributed by atoms with van der Waals surface area (Å²) in [6.07, 6.45) is 0. The number of nitrogens with zero attached hydrogens (tertiary/aromatic N) is 2. The zero-order valence-electron chi connectivity index (χ0n) is 10.6. The molecule has 6 heteroatoms. The Balaban J connectivity index is 1.67. The van der Waals surface area contributed by atoms with Gasteiger partial charge >= 0.3 is 0 Å². The fourth-order valence-corrected chi connectivity index (χ4v) is 2.11. The normalized spacial score (nSPS) is 13.3. The van der Waals surface area contributed by atoms with Gasteiger partial charge in [-0.15, -0.1) is 0 Å². The molecule has 0 saturated heterocycles. The molecular weight excluding hydrogens is 244 g/mol. The Morgan fingerprint density at radius 2 is 2.26 bits per heavy atom. The first-order valence-corrected chi connectivity index (χ1v) is 6.12. The van der Waals surface area contributed by atoms with Crippen molar-refractivity contribution >= 4 is 5.91 Å². The molecular formula is C13H14N4O2. The Morgan fingerprint density at radius 1 is 1.42 bits per heavy atom. The number of hydrogen-bond donors (Lipinski definition) is 2. The predicted molar refractivity (Wildman–Crippen MR) is 67.2 cm³/mol. The lowest BCUT2D eigenvalue weighted by Crippen LogP contribution is -2.23. The van der Waals surface area contributed by atoms with Crippen LogP contribution < -0.4 is 10.6 Å². The van der Waals surface area contributed by atoms with Crippen LogP contribution in [0.4, 0.5) is 0 Å². The molecule has 0 radical (unpaired) electrons. The minimum absolute atomic E-state index is 0.128. The molecule has 2 heterocycles. The average molecular weight is 258 g/mol. The Kier molecular flexibility index (Phi) is 3.00. The molecule has 2 N–H and O–H groups in total. The van der Waals surface area contributed by atoms with E-state index in [2.05, 4.69) is 20.8 Å². The molecule has 1 aliphatic rings. The number of nitrogens with one attached hydrogen (secondary N) is 2. The van der Waals surface area contributed by atoms with Crippen LogP contribution >= 0.6 is 0 Å². The Bertz CT molecular complexity index is 621. The molecule has 6 nitrogen and oxygen atoms in total. The molecule has 1 aromatic heterocycles. The van der Waals surface area contributed by atoms with Gasteiger partial charge in [-0.2, -0.15) is 4.98 Å². The molecule has 0 aliphatic carbocycles. The van der Waals surface area contributed by atoms with Crippen molar-refractivity contribution in [1.29, 1.82) is 0 Å². The summed E-state index contributed by atoms with van der Waals surface area (Å²) in [5.74, 6) is 0.846. The Morgan fingerprint density at radius 3 is 3.05 bits per heavy atom. The van der Waals surface area contributed by atoms with Gasteiger partial charge in [0.2, 0.25) is 5.89 Å². The lowest BCUT2D eigenvalue weighted by Gasteiger charge is -2.04. The molecule has 0 fully saturated rings. The van der Waals surface area contributed by atoms with Gasteiger partial charge in [0, 0.05) is 25.6 Å². The maximum Gasteiger partial charge on any atom is 0.251 e. The SMILES string of the molecule is Cc1nc(CNC(=O)c2ccc3c(c2)CNC3)no1. The number of hydrogen-bond acceptors (Lipinski definition) is 5. The highest BCUT2D eigenvalue weighted by atomic mass is 16.5. The predicted octanol–water partition coefficient (Wildman–Crippen LogP) is 0.911. The summed E-state index contributed by atoms with van der Waals surface area (Å²) < 4.78 is 4.84. The second-order valence-electron chi connectivity index (χ2n) is 4.50. The molecule has 1 aromatic carbocycles. The van der Waals surface area contributed by atoms with Crippen molar-refractivity contribution < 1.29 is 9.32 Å². The van der Waals surface area contributed by atoms with E-state index in [1.54, 1.807) is 6.92 Å². The van der Waals surface area contributed by atoms with Crippen LogP contribution in [0.3, 0.4) is 0 Å². The highest BCUT2D eigenvalue weighted by molar-refractivity contribution is 5.94. The van der Waals surface area contributed by atoms with E-state index in [9.17, 15) is 4.79 Å². The second-order valence-corrected chi connectivity index (χ2v) is 4.50. The number of carbonyl (C=O) groups is 1. The smallest absolute Gasteiger partial charge is 0.251 e. The summed E-state index contributed by atoms with van der Waals surface area (Å²) in [4.78, 5) is 16.0. The van der Waals surface area contributed by atoms with Crippen molar-refractivity contribution in [1.82, 2.24) is 20.8 Å². The van der Waals surface area contributed by atoms with Crippen molar-refractivity contribution in [2.45, 2.75) is 26.6 Å². The van der Waals surface area contributed by atoms with Crippen molar-refractivity contribution in [2.75, 3.05) is 0 Å². The largest absolute Gasteiger partial charge is 0.345 e. The van der Waals surface area contributed by atoms with Gasteiger partial charge in [-0.25, -0.2) is 0 Å². The van der Waals surface area contributed by atoms with E-state index in [1.165, 1.54) is 11.1 Å². The molecule has 1 amide bonds. The van der Waals surface area contributed by atoms with E-state index in [0.717, 1.165) is 13.1 Å². The summed E-state index contributed by atoms with van der Waals surface area (Å²) in [6.45, 7) is 3.68. The lowest BCUT2D eigenvalue weighted by atomic mass is 10.1. The number of rotatable bonds is 3. The number of amides is 1. The molecule has 2 aromatic rings. The number of benzene rings is 1. The van der Waals surface area contributed by atoms with Gasteiger partial charge < -0.3 is 15.2 Å². The van der Waals surface area contributed by atoms with Crippen molar-refractivity contribution in [3.63, 3.8) is 0 Å². The Labute approximate surface area is 110 Å². The minimum Gasteiger partial charge on any atom is -0.345 e. The number of fused-ring (bicyclic) bond motifs is 1. The summed E-state index contributed by atoms with van der Waals surface area (Å²) in [5, 5.41) is 9.75. The van der Waals surface area contributed by atoms with E-state index in [4.69, 9.17) is 4.52 Å². The van der Waals surface area contributed by atoms with Gasteiger partial charge in [-0.3, -0.25) is 4.79 Å². The van der Waals surface area contributed by atoms with Crippen molar-refractivity contribution in [3.8, 4) is 0 Å². The highest BCUT2D eigenvalue weighted by Crippen LogP contribution is 2.16. The monoisotopic (exact) mass is 258 g/mol. The van der Waals surface area contributed by atoms with E-state index < -0.39 is 0 Å². The molecule has 19 heavy (non-hydrogen) atoms. The second kappa shape index (κ2) is 4.81. The summed E-state index contributed by atoms with van der Waals surface area (Å²) >= 11 is 0. The van der Waals surface area contributed by atoms with Crippen LogP contribution in [-0.4, -0.2) is 16.0 Å². The van der Waals surface area contributed by atoms with Gasteiger partial charge in [0.05, 0.1) is 6.54 Å². The molecule has 0 atom stereocenters. The molecule has 0 spiro atoms. The number of carbonyl (C=O) groups excluding carboxylic acids is 1. The van der Waals surface area contributed by atoms with Crippen LogP contribution in [0, 0.1) is 6.92 Å². The van der Waals surface area contributed by atoms with Gasteiger partial charge in [0.15, 0.2) is 5.82 Å². The van der Waals surface area contributed by atoms with E-state index in [0.29, 0.717) is 17.3 Å². The minimum atomic E-state index is -0.128. The topological polar surface area (TPSA) is 80.0 Å². The quantitative estimate of drug-likeness (QED) is 0.855.